The molecule has 0 unspecified atom stereocenters. The smallest absolute Gasteiger partial charge is 0.376 e. The molecule has 1 aromatic heterocycles. The van der Waals surface area contributed by atoms with Crippen molar-refractivity contribution in [2.45, 2.75) is 45.1 Å². The molecule has 5 heteroatoms. The Labute approximate surface area is 107 Å². The van der Waals surface area contributed by atoms with Gasteiger partial charge in [-0.25, -0.2) is 14.8 Å². The third-order valence-corrected chi connectivity index (χ3v) is 3.07. The summed E-state index contributed by atoms with van der Waals surface area (Å²) in [4.78, 5) is 19.6. The van der Waals surface area contributed by atoms with Gasteiger partial charge in [-0.3, -0.25) is 0 Å². The molecule has 1 fully saturated rings. The van der Waals surface area contributed by atoms with Crippen LogP contribution in [0.15, 0.2) is 12.3 Å². The van der Waals surface area contributed by atoms with Gasteiger partial charge in [-0.15, -0.1) is 0 Å². The highest BCUT2D eigenvalue weighted by Crippen LogP contribution is 2.20. The minimum absolute atomic E-state index is 0.123. The predicted molar refractivity (Wildman–Crippen MR) is 68.5 cm³/mol. The monoisotopic (exact) mass is 249 g/mol. The third-order valence-electron chi connectivity index (χ3n) is 3.07. The lowest BCUT2D eigenvalue weighted by molar-refractivity contribution is 0.0512. The van der Waals surface area contributed by atoms with Gasteiger partial charge in [0.05, 0.1) is 6.61 Å². The molecule has 0 aliphatic heterocycles. The van der Waals surface area contributed by atoms with Gasteiger partial charge in [0.15, 0.2) is 0 Å². The molecule has 1 saturated carbocycles. The van der Waals surface area contributed by atoms with Crippen LogP contribution in [0.4, 0.5) is 5.82 Å². The summed E-state index contributed by atoms with van der Waals surface area (Å²) in [6.07, 6.45) is 7.75. The van der Waals surface area contributed by atoms with Crippen LogP contribution in [0, 0.1) is 0 Å². The van der Waals surface area contributed by atoms with E-state index in [-0.39, 0.29) is 5.82 Å². The Morgan fingerprint density at radius 3 is 2.94 bits per heavy atom. The van der Waals surface area contributed by atoms with E-state index in [0.29, 0.717) is 18.5 Å². The highest BCUT2D eigenvalue weighted by atomic mass is 16.5. The minimum Gasteiger partial charge on any atom is -0.460 e. The Morgan fingerprint density at radius 1 is 1.44 bits per heavy atom. The van der Waals surface area contributed by atoms with Crippen LogP contribution >= 0.6 is 0 Å². The first-order valence-electron chi connectivity index (χ1n) is 6.56. The summed E-state index contributed by atoms with van der Waals surface area (Å²) in [7, 11) is 0. The Hall–Kier alpha value is -1.65. The number of rotatable bonds is 4. The normalized spacial score (nSPS) is 16.3. The maximum absolute atomic E-state index is 11.5. The molecule has 1 aliphatic carbocycles. The number of carbonyl (C=O) groups is 1. The molecule has 98 valence electrons. The molecule has 1 heterocycles. The average Bonchev–Trinajstić information content (AvgIpc) is 2.40. The van der Waals surface area contributed by atoms with E-state index >= 15 is 0 Å². The Morgan fingerprint density at radius 2 is 2.22 bits per heavy atom. The first kappa shape index (κ1) is 12.8. The highest BCUT2D eigenvalue weighted by molar-refractivity contribution is 5.85. The molecule has 0 saturated heterocycles. The molecule has 0 atom stereocenters. The van der Waals surface area contributed by atoms with Crippen LogP contribution in [0.25, 0.3) is 0 Å². The van der Waals surface area contributed by atoms with Crippen LogP contribution < -0.4 is 5.32 Å². The van der Waals surface area contributed by atoms with E-state index < -0.39 is 5.97 Å². The van der Waals surface area contributed by atoms with Crippen LogP contribution in [0.2, 0.25) is 0 Å². The fraction of sp³-hybridized carbons (Fsp3) is 0.615. The SMILES string of the molecule is CCOC(=O)c1nccc(NC2CCCCC2)n1. The Balaban J connectivity index is 2.00. The molecule has 5 nitrogen and oxygen atoms in total. The van der Waals surface area contributed by atoms with E-state index in [2.05, 4.69) is 15.3 Å². The zero-order valence-corrected chi connectivity index (χ0v) is 10.7. The Bertz CT molecular complexity index is 403. The first-order valence-corrected chi connectivity index (χ1v) is 6.56. The number of hydrogen-bond acceptors (Lipinski definition) is 5. The molecule has 0 radical (unpaired) electrons. The summed E-state index contributed by atoms with van der Waals surface area (Å²) in [5.41, 5.74) is 0. The van der Waals surface area contributed by atoms with Gasteiger partial charge in [0.25, 0.3) is 0 Å². The van der Waals surface area contributed by atoms with Crippen LogP contribution in [-0.2, 0) is 4.74 Å². The van der Waals surface area contributed by atoms with E-state index in [9.17, 15) is 4.79 Å². The van der Waals surface area contributed by atoms with Crippen molar-refractivity contribution in [3.05, 3.63) is 18.1 Å². The summed E-state index contributed by atoms with van der Waals surface area (Å²) in [6.45, 7) is 2.10. The number of carbonyl (C=O) groups excluding carboxylic acids is 1. The molecule has 1 N–H and O–H groups in total. The van der Waals surface area contributed by atoms with Gasteiger partial charge in [0, 0.05) is 12.2 Å². The van der Waals surface area contributed by atoms with Crippen molar-refractivity contribution < 1.29 is 9.53 Å². The summed E-state index contributed by atoms with van der Waals surface area (Å²) in [5, 5.41) is 3.36. The number of hydrogen-bond donors (Lipinski definition) is 1. The number of nitrogens with zero attached hydrogens (tertiary/aromatic N) is 2. The second-order valence-electron chi connectivity index (χ2n) is 4.47. The van der Waals surface area contributed by atoms with E-state index in [1.165, 1.54) is 32.1 Å². The van der Waals surface area contributed by atoms with E-state index in [4.69, 9.17) is 4.74 Å². The van der Waals surface area contributed by atoms with Crippen molar-refractivity contribution >= 4 is 11.8 Å². The molecule has 2 rings (SSSR count). The van der Waals surface area contributed by atoms with E-state index in [1.807, 2.05) is 0 Å². The maximum atomic E-state index is 11.5. The maximum Gasteiger partial charge on any atom is 0.376 e. The Kier molecular flexibility index (Phi) is 4.50. The standard InChI is InChI=1S/C13H19N3O2/c1-2-18-13(17)12-14-9-8-11(16-12)15-10-6-4-3-5-7-10/h8-10H,2-7H2,1H3,(H,14,15,16). The second kappa shape index (κ2) is 6.33. The van der Waals surface area contributed by atoms with Gasteiger partial charge in [-0.1, -0.05) is 19.3 Å². The van der Waals surface area contributed by atoms with Crippen LogP contribution in [0.1, 0.15) is 49.6 Å². The first-order chi connectivity index (χ1) is 8.79. The molecule has 1 aromatic rings. The fourth-order valence-electron chi connectivity index (χ4n) is 2.19. The summed E-state index contributed by atoms with van der Waals surface area (Å²) >= 11 is 0. The van der Waals surface area contributed by atoms with Gasteiger partial charge in [0.2, 0.25) is 5.82 Å². The molecular formula is C13H19N3O2. The van der Waals surface area contributed by atoms with Crippen molar-refractivity contribution in [1.29, 1.82) is 0 Å². The quantitative estimate of drug-likeness (QED) is 0.830. The number of ether oxygens (including phenoxy) is 1. The molecule has 18 heavy (non-hydrogen) atoms. The van der Waals surface area contributed by atoms with Crippen molar-refractivity contribution in [2.75, 3.05) is 11.9 Å². The van der Waals surface area contributed by atoms with Crippen molar-refractivity contribution in [2.24, 2.45) is 0 Å². The van der Waals surface area contributed by atoms with E-state index in [1.54, 1.807) is 19.2 Å². The fourth-order valence-corrected chi connectivity index (χ4v) is 2.19. The lowest BCUT2D eigenvalue weighted by Gasteiger charge is -2.23. The molecule has 0 aromatic carbocycles. The van der Waals surface area contributed by atoms with Gasteiger partial charge in [-0.05, 0) is 25.8 Å². The highest BCUT2D eigenvalue weighted by Gasteiger charge is 2.15. The number of nitrogens with one attached hydrogen (secondary N) is 1. The zero-order valence-electron chi connectivity index (χ0n) is 10.7. The molecule has 0 spiro atoms. The third kappa shape index (κ3) is 3.42. The van der Waals surface area contributed by atoms with Crippen molar-refractivity contribution in [1.82, 2.24) is 9.97 Å². The topological polar surface area (TPSA) is 64.1 Å². The zero-order chi connectivity index (χ0) is 12.8. The van der Waals surface area contributed by atoms with Crippen LogP contribution in [-0.4, -0.2) is 28.6 Å². The number of esters is 1. The van der Waals surface area contributed by atoms with E-state index in [0.717, 1.165) is 0 Å². The largest absolute Gasteiger partial charge is 0.460 e. The van der Waals surface area contributed by atoms with Gasteiger partial charge < -0.3 is 10.1 Å². The minimum atomic E-state index is -0.468. The van der Waals surface area contributed by atoms with Gasteiger partial charge in [-0.2, -0.15) is 0 Å². The number of anilines is 1. The molecule has 1 aliphatic rings. The van der Waals surface area contributed by atoms with Gasteiger partial charge >= 0.3 is 5.97 Å². The van der Waals surface area contributed by atoms with Crippen molar-refractivity contribution in [3.8, 4) is 0 Å². The molecular weight excluding hydrogens is 230 g/mol. The lowest BCUT2D eigenvalue weighted by Crippen LogP contribution is -2.23. The second-order valence-corrected chi connectivity index (χ2v) is 4.47. The number of aromatic nitrogens is 2. The van der Waals surface area contributed by atoms with Crippen LogP contribution in [0.5, 0.6) is 0 Å². The van der Waals surface area contributed by atoms with Gasteiger partial charge in [0.1, 0.15) is 5.82 Å². The average molecular weight is 249 g/mol. The predicted octanol–water partition coefficient (Wildman–Crippen LogP) is 2.40. The summed E-state index contributed by atoms with van der Waals surface area (Å²) in [5.74, 6) is 0.363. The molecule has 0 amide bonds. The lowest BCUT2D eigenvalue weighted by atomic mass is 9.95. The summed E-state index contributed by atoms with van der Waals surface area (Å²) < 4.78 is 4.88. The summed E-state index contributed by atoms with van der Waals surface area (Å²) in [6, 6.07) is 2.25. The molecule has 0 bridgehead atoms. The van der Waals surface area contributed by atoms with Crippen molar-refractivity contribution in [3.63, 3.8) is 0 Å². The van der Waals surface area contributed by atoms with Crippen LogP contribution in [0.3, 0.4) is 0 Å².